The van der Waals surface area contributed by atoms with E-state index in [4.69, 9.17) is 4.74 Å². The number of carbonyl (C=O) groups is 3. The van der Waals surface area contributed by atoms with Gasteiger partial charge in [0.05, 0.1) is 6.26 Å². The zero-order chi connectivity index (χ0) is 24.1. The molecule has 0 N–H and O–H groups in total. The minimum absolute atomic E-state index is 0.191. The van der Waals surface area contributed by atoms with Gasteiger partial charge < -0.3 is 14.4 Å². The summed E-state index contributed by atoms with van der Waals surface area (Å²) in [6.07, 6.45) is 4.22. The molecule has 0 radical (unpaired) electrons. The van der Waals surface area contributed by atoms with Gasteiger partial charge in [-0.15, -0.1) is 0 Å². The first kappa shape index (κ1) is 24.8. The minimum atomic E-state index is -0.897. The Bertz CT molecular complexity index is 1030. The SMILES string of the molecule is C=CN1CCCC1=O.C=COC(=O)COC(=O)C(C#N)=C(c1ccccc1)c1ccccc1. The van der Waals surface area contributed by atoms with Crippen molar-refractivity contribution in [1.82, 2.24) is 4.90 Å². The van der Waals surface area contributed by atoms with Gasteiger partial charge in [-0.1, -0.05) is 73.8 Å². The number of rotatable bonds is 7. The molecule has 0 saturated carbocycles. The molecule has 168 valence electrons. The van der Waals surface area contributed by atoms with Gasteiger partial charge in [0.1, 0.15) is 11.6 Å². The molecule has 0 spiro atoms. The van der Waals surface area contributed by atoms with Crippen LogP contribution in [0.3, 0.4) is 0 Å². The van der Waals surface area contributed by atoms with Gasteiger partial charge in [0.25, 0.3) is 0 Å². The number of ether oxygens (including phenoxy) is 2. The van der Waals surface area contributed by atoms with Crippen molar-refractivity contribution < 1.29 is 23.9 Å². The molecule has 1 amide bonds. The van der Waals surface area contributed by atoms with Crippen LogP contribution in [0.1, 0.15) is 24.0 Å². The maximum atomic E-state index is 12.3. The maximum absolute atomic E-state index is 12.3. The molecule has 1 saturated heterocycles. The zero-order valence-corrected chi connectivity index (χ0v) is 18.1. The third-order valence-electron chi connectivity index (χ3n) is 4.56. The molecular weight excluding hydrogens is 420 g/mol. The summed E-state index contributed by atoms with van der Waals surface area (Å²) in [6.45, 7) is 7.00. The van der Waals surface area contributed by atoms with Gasteiger partial charge >= 0.3 is 11.9 Å². The van der Waals surface area contributed by atoms with Crippen LogP contribution >= 0.6 is 0 Å². The molecule has 0 aromatic heterocycles. The quantitative estimate of drug-likeness (QED) is 0.277. The van der Waals surface area contributed by atoms with E-state index in [-0.39, 0.29) is 11.5 Å². The molecule has 0 unspecified atom stereocenters. The molecule has 7 heteroatoms. The monoisotopic (exact) mass is 444 g/mol. The number of nitriles is 1. The molecule has 1 fully saturated rings. The van der Waals surface area contributed by atoms with Gasteiger partial charge in [-0.3, -0.25) is 4.79 Å². The van der Waals surface area contributed by atoms with Crippen LogP contribution in [0, 0.1) is 11.3 Å². The summed E-state index contributed by atoms with van der Waals surface area (Å²) in [7, 11) is 0. The molecule has 33 heavy (non-hydrogen) atoms. The molecule has 0 atom stereocenters. The molecule has 1 heterocycles. The van der Waals surface area contributed by atoms with Gasteiger partial charge in [0.2, 0.25) is 5.91 Å². The first-order valence-corrected chi connectivity index (χ1v) is 10.2. The van der Waals surface area contributed by atoms with Crippen LogP contribution in [0.15, 0.2) is 91.9 Å². The Hall–Kier alpha value is -4.44. The van der Waals surface area contributed by atoms with Crippen molar-refractivity contribution in [2.45, 2.75) is 12.8 Å². The summed E-state index contributed by atoms with van der Waals surface area (Å²) in [5.74, 6) is -1.46. The highest BCUT2D eigenvalue weighted by Gasteiger charge is 2.21. The first-order chi connectivity index (χ1) is 16.0. The average Bonchev–Trinajstić information content (AvgIpc) is 3.27. The third kappa shape index (κ3) is 7.33. The van der Waals surface area contributed by atoms with Crippen molar-refractivity contribution in [3.05, 3.63) is 103 Å². The van der Waals surface area contributed by atoms with Crippen LogP contribution in [-0.2, 0) is 23.9 Å². The number of likely N-dealkylation sites (tertiary alicyclic amines) is 1. The second-order valence-corrected chi connectivity index (χ2v) is 6.70. The fraction of sp³-hybridized carbons (Fsp3) is 0.154. The largest absolute Gasteiger partial charge is 0.450 e. The number of benzene rings is 2. The Morgan fingerprint density at radius 3 is 2.00 bits per heavy atom. The Morgan fingerprint density at radius 1 is 1.03 bits per heavy atom. The van der Waals surface area contributed by atoms with Crippen LogP contribution in [-0.4, -0.2) is 35.9 Å². The molecule has 2 aromatic carbocycles. The summed E-state index contributed by atoms with van der Waals surface area (Å²) in [5.41, 5.74) is 1.63. The molecule has 0 aliphatic carbocycles. The van der Waals surface area contributed by atoms with Crippen molar-refractivity contribution in [2.75, 3.05) is 13.2 Å². The Balaban J connectivity index is 0.000000405. The standard InChI is InChI=1S/C20H15NO4.C6H9NO/c1-2-24-18(22)14-25-20(23)17(13-21)19(15-9-5-3-6-10-15)16-11-7-4-8-12-16;1-2-7-5-3-4-6(7)8/h2-12H,1,14H2;2H,1,3-5H2. The highest BCUT2D eigenvalue weighted by molar-refractivity contribution is 6.05. The summed E-state index contributed by atoms with van der Waals surface area (Å²) in [5, 5.41) is 9.52. The molecule has 2 aromatic rings. The van der Waals surface area contributed by atoms with Gasteiger partial charge in [0.15, 0.2) is 6.61 Å². The van der Waals surface area contributed by atoms with Crippen molar-refractivity contribution >= 4 is 23.4 Å². The lowest BCUT2D eigenvalue weighted by Crippen LogP contribution is -2.16. The molecule has 3 rings (SSSR count). The van der Waals surface area contributed by atoms with Crippen LogP contribution in [0.4, 0.5) is 0 Å². The number of esters is 2. The van der Waals surface area contributed by atoms with E-state index >= 15 is 0 Å². The lowest BCUT2D eigenvalue weighted by atomic mass is 9.93. The lowest BCUT2D eigenvalue weighted by molar-refractivity contribution is -0.152. The Labute approximate surface area is 192 Å². The van der Waals surface area contributed by atoms with Crippen LogP contribution in [0.25, 0.3) is 5.57 Å². The fourth-order valence-electron chi connectivity index (χ4n) is 3.05. The highest BCUT2D eigenvalue weighted by atomic mass is 16.6. The lowest BCUT2D eigenvalue weighted by Gasteiger charge is -2.11. The van der Waals surface area contributed by atoms with Crippen molar-refractivity contribution in [1.29, 1.82) is 5.26 Å². The average molecular weight is 444 g/mol. The summed E-state index contributed by atoms with van der Waals surface area (Å²) >= 11 is 0. The summed E-state index contributed by atoms with van der Waals surface area (Å²) in [6, 6.07) is 19.9. The van der Waals surface area contributed by atoms with Crippen molar-refractivity contribution in [3.63, 3.8) is 0 Å². The molecule has 1 aliphatic rings. The highest BCUT2D eigenvalue weighted by Crippen LogP contribution is 2.27. The van der Waals surface area contributed by atoms with Gasteiger partial charge in [0, 0.05) is 18.5 Å². The second-order valence-electron chi connectivity index (χ2n) is 6.70. The van der Waals surface area contributed by atoms with Crippen molar-refractivity contribution in [3.8, 4) is 6.07 Å². The van der Waals surface area contributed by atoms with E-state index in [1.165, 1.54) is 0 Å². The Kier molecular flexibility index (Phi) is 9.84. The predicted molar refractivity (Wildman–Crippen MR) is 123 cm³/mol. The van der Waals surface area contributed by atoms with Crippen LogP contribution in [0.5, 0.6) is 0 Å². The summed E-state index contributed by atoms with van der Waals surface area (Å²) < 4.78 is 9.38. The summed E-state index contributed by atoms with van der Waals surface area (Å²) in [4.78, 5) is 35.9. The van der Waals surface area contributed by atoms with Crippen molar-refractivity contribution in [2.24, 2.45) is 0 Å². The van der Waals surface area contributed by atoms with Gasteiger partial charge in [-0.25, -0.2) is 9.59 Å². The number of hydrogen-bond donors (Lipinski definition) is 0. The van der Waals surface area contributed by atoms with E-state index in [0.717, 1.165) is 19.2 Å². The third-order valence-corrected chi connectivity index (χ3v) is 4.56. The smallest absolute Gasteiger partial charge is 0.350 e. The van der Waals surface area contributed by atoms with Gasteiger partial charge in [-0.2, -0.15) is 5.26 Å². The van der Waals surface area contributed by atoms with E-state index in [1.807, 2.05) is 18.2 Å². The first-order valence-electron chi connectivity index (χ1n) is 10.2. The molecule has 0 bridgehead atoms. The molecule has 1 aliphatic heterocycles. The number of hydrogen-bond acceptors (Lipinski definition) is 6. The Morgan fingerprint density at radius 2 is 1.61 bits per heavy atom. The minimum Gasteiger partial charge on any atom is -0.450 e. The van der Waals surface area contributed by atoms with E-state index in [9.17, 15) is 19.6 Å². The number of carbonyl (C=O) groups excluding carboxylic acids is 3. The van der Waals surface area contributed by atoms with E-state index in [0.29, 0.717) is 23.1 Å². The van der Waals surface area contributed by atoms with E-state index in [1.54, 1.807) is 59.6 Å². The number of nitrogens with zero attached hydrogens (tertiary/aromatic N) is 2. The normalized spacial score (nSPS) is 11.8. The molecular formula is C26H24N2O5. The van der Waals surface area contributed by atoms with E-state index < -0.39 is 18.5 Å². The fourth-order valence-corrected chi connectivity index (χ4v) is 3.05. The van der Waals surface area contributed by atoms with E-state index in [2.05, 4.69) is 17.9 Å². The molecule has 7 nitrogen and oxygen atoms in total. The predicted octanol–water partition coefficient (Wildman–Crippen LogP) is 3.99. The number of amides is 1. The van der Waals surface area contributed by atoms with Crippen LogP contribution in [0.2, 0.25) is 0 Å². The second kappa shape index (κ2) is 13.1. The maximum Gasteiger partial charge on any atom is 0.350 e. The zero-order valence-electron chi connectivity index (χ0n) is 18.1. The topological polar surface area (TPSA) is 96.7 Å². The van der Waals surface area contributed by atoms with Crippen LogP contribution < -0.4 is 0 Å². The van der Waals surface area contributed by atoms with Gasteiger partial charge in [-0.05, 0) is 23.7 Å².